The molecule has 1 fully saturated rings. The Morgan fingerprint density at radius 3 is 2.90 bits per heavy atom. The van der Waals surface area contributed by atoms with Crippen LogP contribution in [0.5, 0.6) is 5.88 Å². The molecule has 1 aromatic rings. The third kappa shape index (κ3) is 5.29. The highest BCUT2D eigenvalue weighted by atomic mass is 16.5. The van der Waals surface area contributed by atoms with Gasteiger partial charge in [-0.25, -0.2) is 4.98 Å². The zero-order chi connectivity index (χ0) is 14.9. The molecule has 1 unspecified atom stereocenters. The second-order valence-corrected chi connectivity index (χ2v) is 5.82. The first-order chi connectivity index (χ1) is 10.3. The highest BCUT2D eigenvalue weighted by Gasteiger charge is 2.13. The number of nitrogens with one attached hydrogen (secondary N) is 1. The topological polar surface area (TPSA) is 37.4 Å². The smallest absolute Gasteiger partial charge is 0.218 e. The van der Waals surface area contributed by atoms with Crippen LogP contribution >= 0.6 is 0 Å². The van der Waals surface area contributed by atoms with E-state index in [9.17, 15) is 0 Å². The molecule has 1 aliphatic heterocycles. The molecule has 4 heteroatoms. The fourth-order valence-electron chi connectivity index (χ4n) is 2.78. The van der Waals surface area contributed by atoms with E-state index >= 15 is 0 Å². The molecule has 1 aliphatic rings. The summed E-state index contributed by atoms with van der Waals surface area (Å²) in [6.07, 6.45) is 6.98. The Bertz CT molecular complexity index is 405. The molecule has 2 heterocycles. The van der Waals surface area contributed by atoms with Crippen LogP contribution in [-0.2, 0) is 0 Å². The number of ether oxygens (including phenoxy) is 1. The first kappa shape index (κ1) is 16.2. The molecule has 1 aromatic heterocycles. The molecule has 0 amide bonds. The first-order valence-electron chi connectivity index (χ1n) is 8.34. The summed E-state index contributed by atoms with van der Waals surface area (Å²) in [6.45, 7) is 9.53. The van der Waals surface area contributed by atoms with Crippen molar-refractivity contribution >= 4 is 0 Å². The van der Waals surface area contributed by atoms with Crippen molar-refractivity contribution in [3.05, 3.63) is 23.9 Å². The lowest BCUT2D eigenvalue weighted by molar-refractivity contribution is 0.179. The molecule has 2 rings (SSSR count). The summed E-state index contributed by atoms with van der Waals surface area (Å²) >= 11 is 0. The maximum Gasteiger partial charge on any atom is 0.218 e. The Balaban J connectivity index is 1.84. The van der Waals surface area contributed by atoms with Gasteiger partial charge in [0.25, 0.3) is 0 Å². The van der Waals surface area contributed by atoms with Crippen LogP contribution < -0.4 is 10.1 Å². The van der Waals surface area contributed by atoms with E-state index in [2.05, 4.69) is 35.1 Å². The minimum Gasteiger partial charge on any atom is -0.476 e. The molecule has 1 atom stereocenters. The van der Waals surface area contributed by atoms with Crippen molar-refractivity contribution in [1.82, 2.24) is 15.2 Å². The van der Waals surface area contributed by atoms with E-state index < -0.39 is 0 Å². The van der Waals surface area contributed by atoms with Crippen LogP contribution in [0.2, 0.25) is 0 Å². The second-order valence-electron chi connectivity index (χ2n) is 5.82. The van der Waals surface area contributed by atoms with Gasteiger partial charge in [-0.2, -0.15) is 0 Å². The molecule has 0 spiro atoms. The zero-order valence-corrected chi connectivity index (χ0v) is 13.5. The van der Waals surface area contributed by atoms with E-state index in [4.69, 9.17) is 4.74 Å². The van der Waals surface area contributed by atoms with Gasteiger partial charge < -0.3 is 10.1 Å². The summed E-state index contributed by atoms with van der Waals surface area (Å²) in [5, 5.41) is 3.50. The van der Waals surface area contributed by atoms with Gasteiger partial charge >= 0.3 is 0 Å². The number of nitrogens with zero attached hydrogens (tertiary/aromatic N) is 2. The van der Waals surface area contributed by atoms with E-state index in [1.807, 2.05) is 12.3 Å². The molecule has 0 radical (unpaired) electrons. The molecule has 118 valence electrons. The Morgan fingerprint density at radius 2 is 2.14 bits per heavy atom. The van der Waals surface area contributed by atoms with E-state index in [-0.39, 0.29) is 6.04 Å². The summed E-state index contributed by atoms with van der Waals surface area (Å²) in [5.41, 5.74) is 1.16. The van der Waals surface area contributed by atoms with Gasteiger partial charge in [0.15, 0.2) is 0 Å². The van der Waals surface area contributed by atoms with Crippen molar-refractivity contribution in [1.29, 1.82) is 0 Å². The lowest BCUT2D eigenvalue weighted by Crippen LogP contribution is -2.33. The third-order valence-corrected chi connectivity index (χ3v) is 4.06. The summed E-state index contributed by atoms with van der Waals surface area (Å²) in [4.78, 5) is 6.90. The quantitative estimate of drug-likeness (QED) is 0.799. The van der Waals surface area contributed by atoms with Crippen molar-refractivity contribution in [3.63, 3.8) is 0 Å². The average Bonchev–Trinajstić information content (AvgIpc) is 2.54. The van der Waals surface area contributed by atoms with E-state index in [1.165, 1.54) is 32.4 Å². The molecule has 0 aromatic carbocycles. The number of aromatic nitrogens is 1. The van der Waals surface area contributed by atoms with Crippen molar-refractivity contribution < 1.29 is 4.74 Å². The second kappa shape index (κ2) is 9.00. The average molecular weight is 291 g/mol. The van der Waals surface area contributed by atoms with Crippen LogP contribution in [0.15, 0.2) is 18.3 Å². The number of piperidine rings is 1. The maximum atomic E-state index is 5.95. The Morgan fingerprint density at radius 1 is 1.33 bits per heavy atom. The van der Waals surface area contributed by atoms with Crippen LogP contribution in [0.4, 0.5) is 0 Å². The van der Waals surface area contributed by atoms with Gasteiger partial charge in [0.2, 0.25) is 5.88 Å². The third-order valence-electron chi connectivity index (χ3n) is 4.06. The van der Waals surface area contributed by atoms with Crippen molar-refractivity contribution in [2.45, 2.75) is 45.6 Å². The highest BCUT2D eigenvalue weighted by Crippen LogP contribution is 2.22. The molecule has 21 heavy (non-hydrogen) atoms. The molecule has 4 nitrogen and oxygen atoms in total. The fraction of sp³-hybridized carbons (Fsp3) is 0.706. The minimum atomic E-state index is 0.281. The maximum absolute atomic E-state index is 5.95. The molecular formula is C17H29N3O. The van der Waals surface area contributed by atoms with Gasteiger partial charge in [0.05, 0.1) is 0 Å². The molecule has 1 saturated heterocycles. The summed E-state index contributed by atoms with van der Waals surface area (Å²) < 4.78 is 5.95. The number of hydrogen-bond donors (Lipinski definition) is 1. The van der Waals surface area contributed by atoms with Gasteiger partial charge in [-0.05, 0) is 51.9 Å². The largest absolute Gasteiger partial charge is 0.476 e. The van der Waals surface area contributed by atoms with Crippen molar-refractivity contribution in [3.8, 4) is 5.88 Å². The van der Waals surface area contributed by atoms with Gasteiger partial charge in [-0.15, -0.1) is 0 Å². The zero-order valence-electron chi connectivity index (χ0n) is 13.5. The van der Waals surface area contributed by atoms with E-state index in [0.717, 1.165) is 37.6 Å². The predicted molar refractivity (Wildman–Crippen MR) is 86.7 cm³/mol. The summed E-state index contributed by atoms with van der Waals surface area (Å²) in [7, 11) is 0. The van der Waals surface area contributed by atoms with Crippen molar-refractivity contribution in [2.75, 3.05) is 32.8 Å². The molecule has 0 aliphatic carbocycles. The normalized spacial score (nSPS) is 17.6. The fourth-order valence-corrected chi connectivity index (χ4v) is 2.78. The minimum absolute atomic E-state index is 0.281. The highest BCUT2D eigenvalue weighted by molar-refractivity contribution is 5.28. The first-order valence-corrected chi connectivity index (χ1v) is 8.34. The van der Waals surface area contributed by atoms with Crippen LogP contribution in [-0.4, -0.2) is 42.7 Å². The Labute approximate surface area is 128 Å². The number of rotatable bonds is 8. The van der Waals surface area contributed by atoms with Gasteiger partial charge in [-0.1, -0.05) is 19.4 Å². The molecule has 0 bridgehead atoms. The van der Waals surface area contributed by atoms with Crippen molar-refractivity contribution in [2.24, 2.45) is 0 Å². The predicted octanol–water partition coefficient (Wildman–Crippen LogP) is 3.01. The molecule has 0 saturated carbocycles. The van der Waals surface area contributed by atoms with Crippen LogP contribution in [0.25, 0.3) is 0 Å². The number of pyridine rings is 1. The Hall–Kier alpha value is -1.13. The summed E-state index contributed by atoms with van der Waals surface area (Å²) in [5.74, 6) is 0.783. The summed E-state index contributed by atoms with van der Waals surface area (Å²) in [6, 6.07) is 4.37. The van der Waals surface area contributed by atoms with Gasteiger partial charge in [0.1, 0.15) is 6.61 Å². The standard InChI is InChI=1S/C17H29N3O/c1-3-9-18-15(2)16-8-7-10-19-17(16)21-14-13-20-11-5-4-6-12-20/h7-8,10,15,18H,3-6,9,11-14H2,1-2H3. The lowest BCUT2D eigenvalue weighted by Gasteiger charge is -2.26. The van der Waals surface area contributed by atoms with Crippen LogP contribution in [0.1, 0.15) is 51.1 Å². The number of likely N-dealkylation sites (tertiary alicyclic amines) is 1. The molecular weight excluding hydrogens is 262 g/mol. The van der Waals surface area contributed by atoms with Gasteiger partial charge in [0, 0.05) is 24.3 Å². The monoisotopic (exact) mass is 291 g/mol. The van der Waals surface area contributed by atoms with Gasteiger partial charge in [-0.3, -0.25) is 4.90 Å². The van der Waals surface area contributed by atoms with Crippen LogP contribution in [0, 0.1) is 0 Å². The Kier molecular flexibility index (Phi) is 6.96. The van der Waals surface area contributed by atoms with Crippen LogP contribution in [0.3, 0.4) is 0 Å². The number of hydrogen-bond acceptors (Lipinski definition) is 4. The molecule has 1 N–H and O–H groups in total. The van der Waals surface area contributed by atoms with E-state index in [0.29, 0.717) is 0 Å². The SMILES string of the molecule is CCCNC(C)c1cccnc1OCCN1CCCCC1. The van der Waals surface area contributed by atoms with E-state index in [1.54, 1.807) is 0 Å². The lowest BCUT2D eigenvalue weighted by atomic mass is 10.1.